The fourth-order valence-corrected chi connectivity index (χ4v) is 5.92. The number of ether oxygens (including phenoxy) is 1. The molecule has 4 aliphatic rings. The van der Waals surface area contributed by atoms with Gasteiger partial charge in [0.15, 0.2) is 0 Å². The van der Waals surface area contributed by atoms with Gasteiger partial charge in [0.05, 0.1) is 17.2 Å². The van der Waals surface area contributed by atoms with E-state index in [1.54, 1.807) is 7.11 Å². The number of rotatable bonds is 4. The molecule has 5 rings (SSSR count). The number of aliphatic hydroxyl groups is 1. The van der Waals surface area contributed by atoms with Crippen LogP contribution in [-0.4, -0.2) is 23.4 Å². The average Bonchev–Trinajstić information content (AvgIpc) is 2.53. The smallest absolute Gasteiger partial charge is 0.0715 e. The molecule has 4 bridgehead atoms. The molecule has 4 fully saturated rings. The lowest BCUT2D eigenvalue weighted by Crippen LogP contribution is -2.65. The predicted octanol–water partition coefficient (Wildman–Crippen LogP) is 3.99. The summed E-state index contributed by atoms with van der Waals surface area (Å²) in [5.74, 6) is 0.878. The summed E-state index contributed by atoms with van der Waals surface area (Å²) in [4.78, 5) is 3.10. The summed E-state index contributed by atoms with van der Waals surface area (Å²) < 4.78 is 5.85. The van der Waals surface area contributed by atoms with E-state index in [4.69, 9.17) is 10.3 Å². The molecule has 0 aromatic heterocycles. The maximum atomic E-state index is 11.5. The number of hydrogen-bond acceptors (Lipinski definition) is 3. The number of nitrogens with zero attached hydrogens (tertiary/aromatic N) is 3. The van der Waals surface area contributed by atoms with Crippen LogP contribution in [0.3, 0.4) is 0 Å². The van der Waals surface area contributed by atoms with Gasteiger partial charge in [-0.15, -0.1) is 0 Å². The van der Waals surface area contributed by atoms with Crippen LogP contribution < -0.4 is 0 Å². The first-order valence-electron chi connectivity index (χ1n) is 8.46. The van der Waals surface area contributed by atoms with Gasteiger partial charge in [0.1, 0.15) is 0 Å². The summed E-state index contributed by atoms with van der Waals surface area (Å²) >= 11 is 0. The lowest BCUT2D eigenvalue weighted by atomic mass is 9.46. The monoisotopic (exact) mass is 313 g/mol. The highest BCUT2D eigenvalue weighted by molar-refractivity contribution is 5.25. The number of methoxy groups -OCH3 is 1. The van der Waals surface area contributed by atoms with Crippen molar-refractivity contribution in [1.29, 1.82) is 0 Å². The number of benzene rings is 1. The minimum absolute atomic E-state index is 0.0133. The largest absolute Gasteiger partial charge is 0.389 e. The van der Waals surface area contributed by atoms with Crippen LogP contribution in [0.5, 0.6) is 0 Å². The molecule has 4 aliphatic carbocycles. The molecule has 23 heavy (non-hydrogen) atoms. The van der Waals surface area contributed by atoms with E-state index >= 15 is 0 Å². The minimum Gasteiger partial charge on any atom is -0.389 e. The van der Waals surface area contributed by atoms with E-state index in [1.165, 1.54) is 0 Å². The van der Waals surface area contributed by atoms with Crippen molar-refractivity contribution in [3.63, 3.8) is 0 Å². The van der Waals surface area contributed by atoms with Gasteiger partial charge in [-0.1, -0.05) is 35.4 Å². The van der Waals surface area contributed by atoms with Gasteiger partial charge in [-0.25, -0.2) is 0 Å². The van der Waals surface area contributed by atoms with Crippen molar-refractivity contribution in [3.8, 4) is 0 Å². The Morgan fingerprint density at radius 1 is 1.30 bits per heavy atom. The fraction of sp³-hybridized carbons (Fsp3) is 0.667. The standard InChI is InChI=1S/C18H23N3O2/c1-23-17-8-12-7-14(10-17)15(18(22,9-12)11-17)16(20-21-19)13-5-3-2-4-6-13/h2-6,12,14-16,22H,7-11H2,1H3/t12?,14?,15-,16?,17+,18+/m1/s1. The van der Waals surface area contributed by atoms with E-state index in [2.05, 4.69) is 10.0 Å². The highest BCUT2D eigenvalue weighted by atomic mass is 16.5. The molecule has 3 unspecified atom stereocenters. The average molecular weight is 313 g/mol. The second kappa shape index (κ2) is 5.23. The van der Waals surface area contributed by atoms with Gasteiger partial charge in [0, 0.05) is 24.4 Å². The summed E-state index contributed by atoms with van der Waals surface area (Å²) in [5, 5.41) is 15.6. The van der Waals surface area contributed by atoms with Gasteiger partial charge in [0.2, 0.25) is 0 Å². The number of hydrogen-bond donors (Lipinski definition) is 1. The van der Waals surface area contributed by atoms with Crippen molar-refractivity contribution < 1.29 is 9.84 Å². The Balaban J connectivity index is 1.75. The Morgan fingerprint density at radius 2 is 2.09 bits per heavy atom. The third-order valence-corrected chi connectivity index (χ3v) is 6.42. The molecule has 6 atom stereocenters. The lowest BCUT2D eigenvalue weighted by Gasteiger charge is -2.64. The molecule has 0 radical (unpaired) electrons. The zero-order valence-electron chi connectivity index (χ0n) is 13.4. The zero-order chi connectivity index (χ0) is 16.1. The molecule has 1 aromatic carbocycles. The third kappa shape index (κ3) is 2.26. The molecule has 0 heterocycles. The molecule has 1 N–H and O–H groups in total. The summed E-state index contributed by atoms with van der Waals surface area (Å²) in [6, 6.07) is 9.59. The summed E-state index contributed by atoms with van der Waals surface area (Å²) in [7, 11) is 1.77. The van der Waals surface area contributed by atoms with E-state index < -0.39 is 5.60 Å². The van der Waals surface area contributed by atoms with Gasteiger partial charge in [-0.2, -0.15) is 0 Å². The van der Waals surface area contributed by atoms with Crippen LogP contribution in [0, 0.1) is 17.8 Å². The molecule has 0 saturated heterocycles. The van der Waals surface area contributed by atoms with Crippen molar-refractivity contribution in [2.75, 3.05) is 7.11 Å². The second-order valence-corrected chi connectivity index (χ2v) is 7.73. The fourth-order valence-electron chi connectivity index (χ4n) is 5.92. The molecular formula is C18H23N3O2. The van der Waals surface area contributed by atoms with Gasteiger partial charge < -0.3 is 9.84 Å². The Kier molecular flexibility index (Phi) is 3.41. The first-order valence-corrected chi connectivity index (χ1v) is 8.46. The van der Waals surface area contributed by atoms with Crippen molar-refractivity contribution in [1.82, 2.24) is 0 Å². The van der Waals surface area contributed by atoms with Crippen LogP contribution in [0.15, 0.2) is 35.4 Å². The molecule has 1 aromatic rings. The first-order chi connectivity index (χ1) is 11.1. The summed E-state index contributed by atoms with van der Waals surface area (Å²) in [6.45, 7) is 0. The molecule has 5 nitrogen and oxygen atoms in total. The van der Waals surface area contributed by atoms with Crippen molar-refractivity contribution in [2.45, 2.75) is 49.3 Å². The van der Waals surface area contributed by atoms with Crippen LogP contribution in [-0.2, 0) is 4.74 Å². The van der Waals surface area contributed by atoms with Crippen molar-refractivity contribution >= 4 is 0 Å². The number of azide groups is 1. The molecular weight excluding hydrogens is 290 g/mol. The van der Waals surface area contributed by atoms with Gasteiger partial charge in [0.25, 0.3) is 0 Å². The molecule has 122 valence electrons. The Labute approximate surface area is 136 Å². The van der Waals surface area contributed by atoms with E-state index in [-0.39, 0.29) is 17.6 Å². The quantitative estimate of drug-likeness (QED) is 0.518. The highest BCUT2D eigenvalue weighted by Crippen LogP contribution is 2.64. The lowest BCUT2D eigenvalue weighted by molar-refractivity contribution is -0.244. The van der Waals surface area contributed by atoms with Crippen molar-refractivity contribution in [2.24, 2.45) is 22.9 Å². The topological polar surface area (TPSA) is 78.2 Å². The first kappa shape index (κ1) is 15.0. The van der Waals surface area contributed by atoms with Gasteiger partial charge in [-0.3, -0.25) is 0 Å². The maximum Gasteiger partial charge on any atom is 0.0715 e. The Bertz CT molecular complexity index is 645. The Morgan fingerprint density at radius 3 is 2.74 bits per heavy atom. The summed E-state index contributed by atoms with van der Waals surface area (Å²) in [5.41, 5.74) is 9.13. The third-order valence-electron chi connectivity index (χ3n) is 6.42. The van der Waals surface area contributed by atoms with Crippen LogP contribution in [0.2, 0.25) is 0 Å². The minimum atomic E-state index is -0.783. The van der Waals surface area contributed by atoms with Crippen LogP contribution >= 0.6 is 0 Å². The maximum absolute atomic E-state index is 11.5. The zero-order valence-corrected chi connectivity index (χ0v) is 13.4. The van der Waals surface area contributed by atoms with Crippen LogP contribution in [0.4, 0.5) is 0 Å². The van der Waals surface area contributed by atoms with E-state index in [0.717, 1.165) is 31.2 Å². The van der Waals surface area contributed by atoms with E-state index in [9.17, 15) is 5.11 Å². The molecule has 4 saturated carbocycles. The molecule has 0 spiro atoms. The van der Waals surface area contributed by atoms with Crippen molar-refractivity contribution in [3.05, 3.63) is 46.3 Å². The predicted molar refractivity (Wildman–Crippen MR) is 86.6 cm³/mol. The van der Waals surface area contributed by atoms with Crippen LogP contribution in [0.25, 0.3) is 10.4 Å². The van der Waals surface area contributed by atoms with Crippen LogP contribution in [0.1, 0.15) is 43.7 Å². The van der Waals surface area contributed by atoms with Gasteiger partial charge >= 0.3 is 0 Å². The van der Waals surface area contributed by atoms with E-state index in [0.29, 0.717) is 18.3 Å². The molecule has 0 amide bonds. The highest BCUT2D eigenvalue weighted by Gasteiger charge is 2.63. The molecule has 5 heteroatoms. The second-order valence-electron chi connectivity index (χ2n) is 7.73. The Hall–Kier alpha value is -1.55. The van der Waals surface area contributed by atoms with Gasteiger partial charge in [-0.05, 0) is 48.6 Å². The normalized spacial score (nSPS) is 42.3. The SMILES string of the molecule is CO[C@@]12CC3CC(C1)[C@H](C(N=[N+]=[N-])c1ccccc1)[C@](O)(C3)C2. The van der Waals surface area contributed by atoms with E-state index in [1.807, 2.05) is 30.3 Å². The summed E-state index contributed by atoms with van der Waals surface area (Å²) in [6.07, 6.45) is 4.62. The molecule has 0 aliphatic heterocycles.